The fourth-order valence-corrected chi connectivity index (χ4v) is 3.47. The third-order valence-corrected chi connectivity index (χ3v) is 5.01. The molecule has 0 bridgehead atoms. The van der Waals surface area contributed by atoms with Crippen LogP contribution in [0.15, 0.2) is 18.2 Å². The van der Waals surface area contributed by atoms with Gasteiger partial charge in [-0.1, -0.05) is 6.07 Å². The highest BCUT2D eigenvalue weighted by molar-refractivity contribution is 5.93. The van der Waals surface area contributed by atoms with Crippen LogP contribution < -0.4 is 5.48 Å². The Bertz CT molecular complexity index is 643. The monoisotopic (exact) mass is 347 g/mol. The quantitative estimate of drug-likeness (QED) is 0.616. The van der Waals surface area contributed by atoms with Crippen molar-refractivity contribution in [3.8, 4) is 0 Å². The Hall–Kier alpha value is -1.96. The second-order valence-corrected chi connectivity index (χ2v) is 6.81. The van der Waals surface area contributed by atoms with Crippen LogP contribution in [0.4, 0.5) is 0 Å². The molecule has 0 saturated carbocycles. The van der Waals surface area contributed by atoms with Crippen LogP contribution in [-0.2, 0) is 22.6 Å². The molecule has 0 aromatic heterocycles. The molecule has 25 heavy (non-hydrogen) atoms. The van der Waals surface area contributed by atoms with E-state index in [0.29, 0.717) is 38.4 Å². The standard InChI is InChI=1S/C18H25N3O4/c1-20-6-7-21(18(23)13-4-8-25-9-5-13)12-15-3-2-14(17(22)19-24)10-16(15)11-20/h2-3,10,13,24H,4-9,11-12H2,1H3,(H,19,22). The first-order chi connectivity index (χ1) is 12.1. The van der Waals surface area contributed by atoms with E-state index in [-0.39, 0.29) is 11.8 Å². The second kappa shape index (κ2) is 7.95. The van der Waals surface area contributed by atoms with Crippen molar-refractivity contribution in [1.29, 1.82) is 0 Å². The number of carbonyl (C=O) groups is 2. The number of nitrogens with zero attached hydrogens (tertiary/aromatic N) is 2. The van der Waals surface area contributed by atoms with Gasteiger partial charge < -0.3 is 14.5 Å². The molecule has 1 aromatic carbocycles. The minimum absolute atomic E-state index is 0.0429. The molecule has 0 atom stereocenters. The second-order valence-electron chi connectivity index (χ2n) is 6.81. The molecule has 2 aliphatic rings. The Labute approximate surface area is 147 Å². The summed E-state index contributed by atoms with van der Waals surface area (Å²) in [6, 6.07) is 5.35. The van der Waals surface area contributed by atoms with Gasteiger partial charge in [0.25, 0.3) is 5.91 Å². The first kappa shape index (κ1) is 17.8. The average molecular weight is 347 g/mol. The van der Waals surface area contributed by atoms with E-state index in [0.717, 1.165) is 30.5 Å². The smallest absolute Gasteiger partial charge is 0.274 e. The zero-order chi connectivity index (χ0) is 17.8. The summed E-state index contributed by atoms with van der Waals surface area (Å²) in [4.78, 5) is 28.6. The lowest BCUT2D eigenvalue weighted by molar-refractivity contribution is -0.139. The molecule has 136 valence electrons. The summed E-state index contributed by atoms with van der Waals surface area (Å²) in [7, 11) is 2.00. The molecule has 7 heteroatoms. The van der Waals surface area contributed by atoms with E-state index >= 15 is 0 Å². The zero-order valence-corrected chi connectivity index (χ0v) is 14.5. The van der Waals surface area contributed by atoms with E-state index in [1.54, 1.807) is 17.6 Å². The molecule has 0 unspecified atom stereocenters. The van der Waals surface area contributed by atoms with Crippen molar-refractivity contribution in [1.82, 2.24) is 15.3 Å². The van der Waals surface area contributed by atoms with E-state index in [1.165, 1.54) is 0 Å². The van der Waals surface area contributed by atoms with Crippen LogP contribution in [0.2, 0.25) is 0 Å². The number of nitrogens with one attached hydrogen (secondary N) is 1. The molecule has 0 aliphatic carbocycles. The number of benzene rings is 1. The van der Waals surface area contributed by atoms with Gasteiger partial charge in [-0.15, -0.1) is 0 Å². The maximum atomic E-state index is 12.9. The summed E-state index contributed by atoms with van der Waals surface area (Å²) in [5.41, 5.74) is 4.13. The van der Waals surface area contributed by atoms with Gasteiger partial charge in [0.15, 0.2) is 0 Å². The predicted octanol–water partition coefficient (Wildman–Crippen LogP) is 1.01. The van der Waals surface area contributed by atoms with Crippen molar-refractivity contribution in [3.63, 3.8) is 0 Å². The van der Waals surface area contributed by atoms with Gasteiger partial charge in [0, 0.05) is 50.9 Å². The maximum absolute atomic E-state index is 12.9. The molecule has 1 aromatic rings. The first-order valence-corrected chi connectivity index (χ1v) is 8.70. The van der Waals surface area contributed by atoms with Gasteiger partial charge in [-0.2, -0.15) is 0 Å². The summed E-state index contributed by atoms with van der Waals surface area (Å²) in [6.07, 6.45) is 1.57. The highest BCUT2D eigenvalue weighted by Crippen LogP contribution is 2.23. The largest absolute Gasteiger partial charge is 0.381 e. The van der Waals surface area contributed by atoms with Crippen LogP contribution in [0.25, 0.3) is 0 Å². The molecule has 3 rings (SSSR count). The summed E-state index contributed by atoms with van der Waals surface area (Å²) in [6.45, 7) is 4.05. The number of amides is 2. The third-order valence-electron chi connectivity index (χ3n) is 5.01. The van der Waals surface area contributed by atoms with Crippen LogP contribution in [0.1, 0.15) is 34.3 Å². The van der Waals surface area contributed by atoms with E-state index in [9.17, 15) is 9.59 Å². The molecular formula is C18H25N3O4. The summed E-state index contributed by atoms with van der Waals surface area (Å²) in [5, 5.41) is 8.83. The number of hydrogen-bond donors (Lipinski definition) is 2. The normalized spacial score (nSPS) is 19.7. The Morgan fingerprint density at radius 2 is 1.92 bits per heavy atom. The molecule has 2 aliphatic heterocycles. The predicted molar refractivity (Wildman–Crippen MR) is 91.0 cm³/mol. The molecule has 1 fully saturated rings. The van der Waals surface area contributed by atoms with E-state index in [2.05, 4.69) is 4.90 Å². The van der Waals surface area contributed by atoms with E-state index in [1.807, 2.05) is 18.0 Å². The van der Waals surface area contributed by atoms with Crippen molar-refractivity contribution < 1.29 is 19.5 Å². The minimum Gasteiger partial charge on any atom is -0.381 e. The lowest BCUT2D eigenvalue weighted by Crippen LogP contribution is -2.43. The summed E-state index contributed by atoms with van der Waals surface area (Å²) >= 11 is 0. The van der Waals surface area contributed by atoms with Crippen LogP contribution >= 0.6 is 0 Å². The highest BCUT2D eigenvalue weighted by Gasteiger charge is 2.28. The van der Waals surface area contributed by atoms with Gasteiger partial charge in [0.05, 0.1) is 0 Å². The van der Waals surface area contributed by atoms with Crippen molar-refractivity contribution >= 4 is 11.8 Å². The van der Waals surface area contributed by atoms with Gasteiger partial charge in [-0.3, -0.25) is 14.8 Å². The molecule has 2 heterocycles. The Kier molecular flexibility index (Phi) is 5.67. The number of fused-ring (bicyclic) bond motifs is 1. The lowest BCUT2D eigenvalue weighted by atomic mass is 9.97. The summed E-state index contributed by atoms with van der Waals surface area (Å²) < 4.78 is 5.36. The Balaban J connectivity index is 1.82. The molecule has 2 N–H and O–H groups in total. The topological polar surface area (TPSA) is 82.1 Å². The van der Waals surface area contributed by atoms with Gasteiger partial charge in [-0.25, -0.2) is 5.48 Å². The molecule has 0 radical (unpaired) electrons. The molecule has 0 spiro atoms. The lowest BCUT2D eigenvalue weighted by Gasteiger charge is -2.33. The van der Waals surface area contributed by atoms with Gasteiger partial charge >= 0.3 is 0 Å². The first-order valence-electron chi connectivity index (χ1n) is 8.70. The number of rotatable bonds is 2. The number of ether oxygens (including phenoxy) is 1. The fraction of sp³-hybridized carbons (Fsp3) is 0.556. The van der Waals surface area contributed by atoms with Crippen molar-refractivity contribution in [2.75, 3.05) is 33.4 Å². The van der Waals surface area contributed by atoms with E-state index in [4.69, 9.17) is 9.94 Å². The van der Waals surface area contributed by atoms with Crippen molar-refractivity contribution in [2.24, 2.45) is 5.92 Å². The summed E-state index contributed by atoms with van der Waals surface area (Å²) in [5.74, 6) is -0.286. The number of hydrogen-bond acceptors (Lipinski definition) is 5. The number of hydroxylamine groups is 1. The SMILES string of the molecule is CN1CCN(C(=O)C2CCOCC2)Cc2ccc(C(=O)NO)cc2C1. The van der Waals surface area contributed by atoms with E-state index < -0.39 is 5.91 Å². The molecule has 1 saturated heterocycles. The molecular weight excluding hydrogens is 322 g/mol. The van der Waals surface area contributed by atoms with Crippen molar-refractivity contribution in [2.45, 2.75) is 25.9 Å². The van der Waals surface area contributed by atoms with Crippen molar-refractivity contribution in [3.05, 3.63) is 34.9 Å². The van der Waals surface area contributed by atoms with Gasteiger partial charge in [0.2, 0.25) is 5.91 Å². The van der Waals surface area contributed by atoms with Crippen LogP contribution in [0.3, 0.4) is 0 Å². The average Bonchev–Trinajstić information content (AvgIpc) is 2.64. The maximum Gasteiger partial charge on any atom is 0.274 e. The fourth-order valence-electron chi connectivity index (χ4n) is 3.47. The zero-order valence-electron chi connectivity index (χ0n) is 14.5. The van der Waals surface area contributed by atoms with Gasteiger partial charge in [-0.05, 0) is 43.1 Å². The third kappa shape index (κ3) is 4.18. The number of likely N-dealkylation sites (N-methyl/N-ethyl adjacent to an activating group) is 1. The van der Waals surface area contributed by atoms with Gasteiger partial charge in [0.1, 0.15) is 0 Å². The minimum atomic E-state index is -0.525. The highest BCUT2D eigenvalue weighted by atomic mass is 16.5. The van der Waals surface area contributed by atoms with Crippen LogP contribution in [-0.4, -0.2) is 60.2 Å². The Morgan fingerprint density at radius 1 is 1.16 bits per heavy atom. The molecule has 2 amide bonds. The number of carbonyl (C=O) groups excluding carboxylic acids is 2. The Morgan fingerprint density at radius 3 is 2.64 bits per heavy atom. The molecule has 7 nitrogen and oxygen atoms in total. The van der Waals surface area contributed by atoms with Crippen LogP contribution in [0, 0.1) is 5.92 Å². The van der Waals surface area contributed by atoms with Crippen LogP contribution in [0.5, 0.6) is 0 Å².